The van der Waals surface area contributed by atoms with Crippen LogP contribution in [0.5, 0.6) is 5.75 Å². The number of rotatable bonds is 6. The molecule has 0 radical (unpaired) electrons. The highest BCUT2D eigenvalue weighted by Gasteiger charge is 2.23. The zero-order chi connectivity index (χ0) is 23.6. The van der Waals surface area contributed by atoms with Crippen molar-refractivity contribution >= 4 is 16.6 Å². The molecule has 2 aliphatic heterocycles. The number of H-pyrrole nitrogens is 2. The molecule has 178 valence electrons. The number of aliphatic imine (C=N–C) groups is 1. The number of aromatic nitrogens is 3. The number of aromatic amines is 2. The van der Waals surface area contributed by atoms with Crippen molar-refractivity contribution in [2.45, 2.75) is 45.4 Å². The first-order valence-electron chi connectivity index (χ1n) is 12.4. The van der Waals surface area contributed by atoms with E-state index in [0.717, 1.165) is 84.5 Å². The summed E-state index contributed by atoms with van der Waals surface area (Å²) < 4.78 is 6.05. The second-order valence-electron chi connectivity index (χ2n) is 9.38. The summed E-state index contributed by atoms with van der Waals surface area (Å²) in [7, 11) is 0. The lowest BCUT2D eigenvalue weighted by Crippen LogP contribution is -2.36. The normalized spacial score (nSPS) is 16.2. The molecule has 0 bridgehead atoms. The maximum atomic E-state index is 12.9. The van der Waals surface area contributed by atoms with Gasteiger partial charge in [0, 0.05) is 49.7 Å². The third-order valence-electron chi connectivity index (χ3n) is 6.93. The van der Waals surface area contributed by atoms with Crippen LogP contribution < -0.4 is 10.3 Å². The van der Waals surface area contributed by atoms with Crippen molar-refractivity contribution in [3.05, 3.63) is 93.3 Å². The monoisotopic (exact) mass is 467 g/mol. The van der Waals surface area contributed by atoms with E-state index in [1.165, 1.54) is 5.56 Å². The predicted octanol–water partition coefficient (Wildman–Crippen LogP) is 4.36. The number of hydrogen-bond donors (Lipinski definition) is 2. The Morgan fingerprint density at radius 2 is 1.97 bits per heavy atom. The van der Waals surface area contributed by atoms with Crippen molar-refractivity contribution < 1.29 is 4.74 Å². The van der Waals surface area contributed by atoms with Crippen molar-refractivity contribution in [2.75, 3.05) is 13.1 Å². The SMILES string of the molecule is O=c1[nH]c(C2=NCCCC2)nc2c1CN(Cc1c[nH]c3ccc(OCc4ccccc4)cc13)CC2. The van der Waals surface area contributed by atoms with Gasteiger partial charge in [0.25, 0.3) is 5.56 Å². The van der Waals surface area contributed by atoms with Crippen LogP contribution in [-0.2, 0) is 26.1 Å². The van der Waals surface area contributed by atoms with Gasteiger partial charge in [-0.15, -0.1) is 0 Å². The number of nitrogens with one attached hydrogen (secondary N) is 2. The van der Waals surface area contributed by atoms with E-state index in [1.54, 1.807) is 0 Å². The molecule has 35 heavy (non-hydrogen) atoms. The topological polar surface area (TPSA) is 86.4 Å². The van der Waals surface area contributed by atoms with Crippen LogP contribution in [0.3, 0.4) is 0 Å². The van der Waals surface area contributed by atoms with E-state index in [1.807, 2.05) is 24.3 Å². The molecule has 0 atom stereocenters. The molecule has 4 aromatic rings. The first-order valence-corrected chi connectivity index (χ1v) is 12.4. The van der Waals surface area contributed by atoms with Crippen molar-refractivity contribution in [3.8, 4) is 5.75 Å². The van der Waals surface area contributed by atoms with Gasteiger partial charge >= 0.3 is 0 Å². The molecule has 0 saturated heterocycles. The summed E-state index contributed by atoms with van der Waals surface area (Å²) in [6, 6.07) is 16.4. The number of nitrogens with zero attached hydrogens (tertiary/aromatic N) is 3. The molecule has 0 spiro atoms. The molecule has 0 amide bonds. The van der Waals surface area contributed by atoms with Crippen LogP contribution in [0.15, 0.2) is 64.5 Å². The maximum absolute atomic E-state index is 12.9. The van der Waals surface area contributed by atoms with Gasteiger partial charge in [-0.05, 0) is 48.6 Å². The van der Waals surface area contributed by atoms with Gasteiger partial charge in [0.05, 0.1) is 17.0 Å². The fraction of sp³-hybridized carbons (Fsp3) is 0.321. The summed E-state index contributed by atoms with van der Waals surface area (Å²) in [5.74, 6) is 1.52. The predicted molar refractivity (Wildman–Crippen MR) is 137 cm³/mol. The molecule has 4 heterocycles. The van der Waals surface area contributed by atoms with Crippen molar-refractivity contribution in [3.63, 3.8) is 0 Å². The summed E-state index contributed by atoms with van der Waals surface area (Å²) in [6.45, 7) is 3.59. The molecule has 2 N–H and O–H groups in total. The minimum absolute atomic E-state index is 0.0292. The Morgan fingerprint density at radius 3 is 2.83 bits per heavy atom. The van der Waals surface area contributed by atoms with E-state index in [-0.39, 0.29) is 5.56 Å². The molecule has 0 fully saturated rings. The third-order valence-corrected chi connectivity index (χ3v) is 6.93. The Bertz CT molecular complexity index is 1440. The Kier molecular flexibility index (Phi) is 5.92. The number of fused-ring (bicyclic) bond motifs is 2. The van der Waals surface area contributed by atoms with Crippen LogP contribution in [0.25, 0.3) is 10.9 Å². The van der Waals surface area contributed by atoms with Gasteiger partial charge in [-0.25, -0.2) is 4.98 Å². The van der Waals surface area contributed by atoms with Crippen LogP contribution in [-0.4, -0.2) is 38.7 Å². The lowest BCUT2D eigenvalue weighted by molar-refractivity contribution is 0.242. The van der Waals surface area contributed by atoms with E-state index in [2.05, 4.69) is 50.3 Å². The molecule has 2 aromatic carbocycles. The lowest BCUT2D eigenvalue weighted by Gasteiger charge is -2.27. The molecule has 2 aromatic heterocycles. The summed E-state index contributed by atoms with van der Waals surface area (Å²) in [6.07, 6.45) is 5.95. The third kappa shape index (κ3) is 4.64. The van der Waals surface area contributed by atoms with Crippen LogP contribution in [0.2, 0.25) is 0 Å². The number of hydrogen-bond acceptors (Lipinski definition) is 5. The minimum Gasteiger partial charge on any atom is -0.489 e. The first kappa shape index (κ1) is 21.8. The Labute approximate surface area is 203 Å². The van der Waals surface area contributed by atoms with Crippen LogP contribution in [0.1, 0.15) is 47.5 Å². The second-order valence-corrected chi connectivity index (χ2v) is 9.38. The van der Waals surface area contributed by atoms with Crippen molar-refractivity contribution in [1.82, 2.24) is 19.9 Å². The summed E-state index contributed by atoms with van der Waals surface area (Å²) >= 11 is 0. The van der Waals surface area contributed by atoms with E-state index < -0.39 is 0 Å². The van der Waals surface area contributed by atoms with E-state index in [0.29, 0.717) is 19.0 Å². The van der Waals surface area contributed by atoms with E-state index in [9.17, 15) is 4.79 Å². The summed E-state index contributed by atoms with van der Waals surface area (Å²) in [5.41, 5.74) is 6.05. The van der Waals surface area contributed by atoms with Gasteiger partial charge in [0.15, 0.2) is 5.82 Å². The largest absolute Gasteiger partial charge is 0.489 e. The van der Waals surface area contributed by atoms with E-state index in [4.69, 9.17) is 9.72 Å². The molecular formula is C28H29N5O2. The average Bonchev–Trinajstić information content (AvgIpc) is 3.30. The number of ether oxygens (including phenoxy) is 1. The molecule has 0 aliphatic carbocycles. The highest BCUT2D eigenvalue weighted by atomic mass is 16.5. The molecule has 6 rings (SSSR count). The Balaban J connectivity index is 1.18. The fourth-order valence-electron chi connectivity index (χ4n) is 5.00. The number of benzene rings is 2. The first-order chi connectivity index (χ1) is 17.2. The van der Waals surface area contributed by atoms with Crippen LogP contribution in [0, 0.1) is 0 Å². The Morgan fingerprint density at radius 1 is 1.06 bits per heavy atom. The van der Waals surface area contributed by atoms with Gasteiger partial charge in [0.1, 0.15) is 12.4 Å². The van der Waals surface area contributed by atoms with E-state index >= 15 is 0 Å². The van der Waals surface area contributed by atoms with Gasteiger partial charge in [-0.1, -0.05) is 30.3 Å². The minimum atomic E-state index is -0.0292. The summed E-state index contributed by atoms with van der Waals surface area (Å²) in [5, 5.41) is 1.15. The van der Waals surface area contributed by atoms with Gasteiger partial charge in [0.2, 0.25) is 0 Å². The molecule has 7 heteroatoms. The highest BCUT2D eigenvalue weighted by Crippen LogP contribution is 2.27. The van der Waals surface area contributed by atoms with Crippen LogP contribution in [0.4, 0.5) is 0 Å². The molecular weight excluding hydrogens is 438 g/mol. The second kappa shape index (κ2) is 9.50. The van der Waals surface area contributed by atoms with Crippen molar-refractivity contribution in [1.29, 1.82) is 0 Å². The zero-order valence-electron chi connectivity index (χ0n) is 19.7. The maximum Gasteiger partial charge on any atom is 0.255 e. The fourth-order valence-corrected chi connectivity index (χ4v) is 5.00. The standard InChI is InChI=1S/C28H29N5O2/c34-28-23-17-33(13-11-25(23)31-27(32-28)26-8-4-5-12-29-26)16-20-15-30-24-10-9-21(14-22(20)24)35-18-19-6-2-1-3-7-19/h1-3,6-7,9-10,14-15,30H,4-5,8,11-13,16-18H2,(H,31,32,34). The Hall–Kier alpha value is -3.71. The molecule has 2 aliphatic rings. The average molecular weight is 468 g/mol. The summed E-state index contributed by atoms with van der Waals surface area (Å²) in [4.78, 5) is 31.0. The lowest BCUT2D eigenvalue weighted by atomic mass is 10.0. The zero-order valence-corrected chi connectivity index (χ0v) is 19.7. The molecule has 0 saturated carbocycles. The van der Waals surface area contributed by atoms with Crippen molar-refractivity contribution in [2.24, 2.45) is 4.99 Å². The van der Waals surface area contributed by atoms with Crippen LogP contribution >= 0.6 is 0 Å². The smallest absolute Gasteiger partial charge is 0.255 e. The molecule has 0 unspecified atom stereocenters. The quantitative estimate of drug-likeness (QED) is 0.441. The van der Waals surface area contributed by atoms with Gasteiger partial charge in [-0.3, -0.25) is 14.7 Å². The highest BCUT2D eigenvalue weighted by molar-refractivity contribution is 5.97. The molecule has 7 nitrogen and oxygen atoms in total. The van der Waals surface area contributed by atoms with Gasteiger partial charge < -0.3 is 14.7 Å². The van der Waals surface area contributed by atoms with Gasteiger partial charge in [-0.2, -0.15) is 0 Å².